The number of carbonyl (C=O) groups is 1. The van der Waals surface area contributed by atoms with Crippen molar-refractivity contribution in [3.8, 4) is 11.5 Å². The second-order valence-electron chi connectivity index (χ2n) is 10.4. The molecule has 0 bridgehead atoms. The first-order chi connectivity index (χ1) is 22.2. The van der Waals surface area contributed by atoms with Crippen molar-refractivity contribution in [2.45, 2.75) is 15.9 Å². The van der Waals surface area contributed by atoms with Crippen molar-refractivity contribution >= 4 is 38.2 Å². The number of nitro groups is 1. The minimum absolute atomic E-state index is 0.126. The number of nitrogens with two attached hydrogens (primary N) is 1. The fourth-order valence-corrected chi connectivity index (χ4v) is 6.42. The van der Waals surface area contributed by atoms with E-state index in [1.807, 2.05) is 0 Å². The SMILES string of the molecule is COCCOCCN1CCOC(CNc2ccc(S(=O)(=O)c3cccc(C(N)=O)c3Oc3cnc4[nH]ccc4c3)cc2[N+](=O)[O-])C1. The lowest BCUT2D eigenvalue weighted by Crippen LogP contribution is -2.46. The van der Waals surface area contributed by atoms with E-state index >= 15 is 0 Å². The van der Waals surface area contributed by atoms with Gasteiger partial charge in [-0.1, -0.05) is 6.07 Å². The van der Waals surface area contributed by atoms with E-state index in [9.17, 15) is 23.3 Å². The van der Waals surface area contributed by atoms with Crippen LogP contribution in [0.5, 0.6) is 11.5 Å². The lowest BCUT2D eigenvalue weighted by molar-refractivity contribution is -0.384. The number of anilines is 1. The van der Waals surface area contributed by atoms with Crippen molar-refractivity contribution in [1.29, 1.82) is 0 Å². The molecule has 5 rings (SSSR count). The lowest BCUT2D eigenvalue weighted by Gasteiger charge is -2.33. The summed E-state index contributed by atoms with van der Waals surface area (Å²) in [6.45, 7) is 4.35. The van der Waals surface area contributed by atoms with Gasteiger partial charge in [-0.15, -0.1) is 0 Å². The molecule has 16 heteroatoms. The molecule has 0 aliphatic carbocycles. The van der Waals surface area contributed by atoms with E-state index in [-0.39, 0.29) is 40.3 Å². The number of nitro benzene ring substituents is 1. The van der Waals surface area contributed by atoms with Gasteiger partial charge in [0.05, 0.1) is 54.1 Å². The third kappa shape index (κ3) is 7.60. The van der Waals surface area contributed by atoms with Gasteiger partial charge in [-0.2, -0.15) is 0 Å². The molecule has 46 heavy (non-hydrogen) atoms. The topological polar surface area (TPSA) is 201 Å². The molecule has 244 valence electrons. The third-order valence-electron chi connectivity index (χ3n) is 7.33. The van der Waals surface area contributed by atoms with Crippen molar-refractivity contribution in [1.82, 2.24) is 14.9 Å². The van der Waals surface area contributed by atoms with E-state index in [2.05, 4.69) is 20.2 Å². The number of aromatic nitrogens is 2. The van der Waals surface area contributed by atoms with Gasteiger partial charge in [-0.3, -0.25) is 19.8 Å². The molecule has 0 radical (unpaired) electrons. The van der Waals surface area contributed by atoms with Gasteiger partial charge in [-0.05, 0) is 36.4 Å². The monoisotopic (exact) mass is 654 g/mol. The molecular weight excluding hydrogens is 620 g/mol. The first-order valence-corrected chi connectivity index (χ1v) is 15.9. The van der Waals surface area contributed by atoms with Gasteiger partial charge < -0.3 is 35.0 Å². The van der Waals surface area contributed by atoms with Crippen LogP contribution >= 0.6 is 0 Å². The van der Waals surface area contributed by atoms with Gasteiger partial charge in [0.15, 0.2) is 5.75 Å². The summed E-state index contributed by atoms with van der Waals surface area (Å²) < 4.78 is 50.1. The van der Waals surface area contributed by atoms with E-state index in [0.717, 1.165) is 12.6 Å². The van der Waals surface area contributed by atoms with Crippen LogP contribution in [0.15, 0.2) is 70.7 Å². The van der Waals surface area contributed by atoms with Crippen LogP contribution in [-0.4, -0.2) is 99.9 Å². The normalized spacial score (nSPS) is 15.5. The van der Waals surface area contributed by atoms with Crippen LogP contribution in [-0.2, 0) is 24.0 Å². The summed E-state index contributed by atoms with van der Waals surface area (Å²) in [4.78, 5) is 32.3. The molecule has 1 aliphatic rings. The average Bonchev–Trinajstić information content (AvgIpc) is 3.52. The lowest BCUT2D eigenvalue weighted by atomic mass is 10.2. The number of hydrogen-bond donors (Lipinski definition) is 3. The zero-order valence-corrected chi connectivity index (χ0v) is 25.8. The Morgan fingerprint density at radius 2 is 2.07 bits per heavy atom. The number of benzene rings is 2. The highest BCUT2D eigenvalue weighted by Gasteiger charge is 2.30. The molecule has 4 aromatic rings. The summed E-state index contributed by atoms with van der Waals surface area (Å²) in [5, 5.41) is 15.8. The third-order valence-corrected chi connectivity index (χ3v) is 9.11. The molecule has 1 unspecified atom stereocenters. The zero-order chi connectivity index (χ0) is 32.7. The highest BCUT2D eigenvalue weighted by molar-refractivity contribution is 7.91. The molecule has 3 heterocycles. The van der Waals surface area contributed by atoms with E-state index in [0.29, 0.717) is 50.6 Å². The number of rotatable bonds is 15. The molecule has 4 N–H and O–H groups in total. The maximum Gasteiger partial charge on any atom is 0.293 e. The van der Waals surface area contributed by atoms with Crippen LogP contribution in [0.3, 0.4) is 0 Å². The summed E-state index contributed by atoms with van der Waals surface area (Å²) >= 11 is 0. The van der Waals surface area contributed by atoms with Crippen molar-refractivity contribution in [2.75, 3.05) is 65.0 Å². The number of hydrogen-bond acceptors (Lipinski definition) is 12. The zero-order valence-electron chi connectivity index (χ0n) is 25.0. The van der Waals surface area contributed by atoms with Crippen LogP contribution in [0.1, 0.15) is 10.4 Å². The fraction of sp³-hybridized carbons (Fsp3) is 0.333. The summed E-state index contributed by atoms with van der Waals surface area (Å²) in [7, 11) is -2.84. The predicted octanol–water partition coefficient (Wildman–Crippen LogP) is 2.97. The summed E-state index contributed by atoms with van der Waals surface area (Å²) in [6.07, 6.45) is 2.79. The number of aromatic amines is 1. The number of H-pyrrole nitrogens is 1. The van der Waals surface area contributed by atoms with E-state index in [1.165, 1.54) is 36.5 Å². The Kier molecular flexibility index (Phi) is 10.4. The molecule has 1 amide bonds. The van der Waals surface area contributed by atoms with Crippen LogP contribution in [0.4, 0.5) is 11.4 Å². The van der Waals surface area contributed by atoms with Crippen LogP contribution in [0.2, 0.25) is 0 Å². The molecule has 1 fully saturated rings. The number of carbonyl (C=O) groups excluding carboxylic acids is 1. The average molecular weight is 655 g/mol. The molecule has 0 spiro atoms. The maximum absolute atomic E-state index is 13.9. The summed E-state index contributed by atoms with van der Waals surface area (Å²) in [6, 6.07) is 10.8. The highest BCUT2D eigenvalue weighted by atomic mass is 32.2. The minimum atomic E-state index is -4.45. The number of nitrogens with zero attached hydrogens (tertiary/aromatic N) is 3. The molecule has 2 aromatic carbocycles. The Hall–Kier alpha value is -4.61. The molecule has 15 nitrogen and oxygen atoms in total. The largest absolute Gasteiger partial charge is 0.453 e. The number of amides is 1. The number of para-hydroxylation sites is 1. The second kappa shape index (κ2) is 14.7. The number of methoxy groups -OCH3 is 1. The predicted molar refractivity (Wildman–Crippen MR) is 167 cm³/mol. The highest BCUT2D eigenvalue weighted by Crippen LogP contribution is 2.38. The Morgan fingerprint density at radius 3 is 2.85 bits per heavy atom. The second-order valence-corrected chi connectivity index (χ2v) is 12.3. The molecule has 1 aliphatic heterocycles. The number of fused-ring (bicyclic) bond motifs is 1. The van der Waals surface area contributed by atoms with E-state index in [1.54, 1.807) is 25.4 Å². The number of morpholine rings is 1. The number of primary amides is 1. The number of nitrogens with one attached hydrogen (secondary N) is 2. The molecular formula is C30H34N6O9S. The van der Waals surface area contributed by atoms with Crippen LogP contribution < -0.4 is 15.8 Å². The van der Waals surface area contributed by atoms with Gasteiger partial charge in [0, 0.05) is 50.9 Å². The standard InChI is InChI=1S/C30H34N6O9S/c1-42-13-14-43-11-9-35-10-12-44-22(19-35)18-33-25-6-5-23(16-26(25)36(38)39)46(40,41)27-4-2-3-24(29(31)37)28(27)45-21-15-20-7-8-32-30(20)34-17-21/h2-8,15-17,22,33H,9-14,18-19H2,1H3,(H2,31,37)(H,32,34). The summed E-state index contributed by atoms with van der Waals surface area (Å²) in [5.41, 5.74) is 5.64. The Balaban J connectivity index is 1.36. The first-order valence-electron chi connectivity index (χ1n) is 14.4. The Morgan fingerprint density at radius 1 is 1.22 bits per heavy atom. The van der Waals surface area contributed by atoms with Crippen molar-refractivity contribution in [3.63, 3.8) is 0 Å². The fourth-order valence-electron chi connectivity index (χ4n) is 4.99. The molecule has 2 aromatic heterocycles. The van der Waals surface area contributed by atoms with E-state index < -0.39 is 31.3 Å². The smallest absolute Gasteiger partial charge is 0.293 e. The van der Waals surface area contributed by atoms with Gasteiger partial charge in [0.25, 0.3) is 11.6 Å². The maximum atomic E-state index is 13.9. The van der Waals surface area contributed by atoms with Crippen molar-refractivity contribution in [3.05, 3.63) is 76.6 Å². The van der Waals surface area contributed by atoms with Gasteiger partial charge in [0.1, 0.15) is 22.0 Å². The number of sulfone groups is 1. The number of ether oxygens (including phenoxy) is 4. The van der Waals surface area contributed by atoms with E-state index in [4.69, 9.17) is 24.7 Å². The summed E-state index contributed by atoms with van der Waals surface area (Å²) in [5.74, 6) is -1.08. The van der Waals surface area contributed by atoms with Crippen molar-refractivity contribution < 1.29 is 37.1 Å². The molecule has 1 atom stereocenters. The minimum Gasteiger partial charge on any atom is -0.453 e. The van der Waals surface area contributed by atoms with Crippen LogP contribution in [0.25, 0.3) is 11.0 Å². The van der Waals surface area contributed by atoms with Gasteiger partial charge >= 0.3 is 0 Å². The van der Waals surface area contributed by atoms with Crippen molar-refractivity contribution in [2.24, 2.45) is 5.73 Å². The Bertz CT molecular complexity index is 1810. The first kappa shape index (κ1) is 32.8. The quantitative estimate of drug-likeness (QED) is 0.0963. The number of pyridine rings is 1. The Labute approximate surface area is 264 Å². The molecule has 1 saturated heterocycles. The van der Waals surface area contributed by atoms with Gasteiger partial charge in [0.2, 0.25) is 9.84 Å². The van der Waals surface area contributed by atoms with Gasteiger partial charge in [-0.25, -0.2) is 13.4 Å². The van der Waals surface area contributed by atoms with Crippen LogP contribution in [0, 0.1) is 10.1 Å². The molecule has 0 saturated carbocycles.